The highest BCUT2D eigenvalue weighted by Crippen LogP contribution is 2.26. The lowest BCUT2D eigenvalue weighted by Crippen LogP contribution is -2.39. The Bertz CT molecular complexity index is 862. The minimum atomic E-state index is -0.658. The molecule has 0 bridgehead atoms. The van der Waals surface area contributed by atoms with Gasteiger partial charge in [0.15, 0.2) is 0 Å². The molecule has 0 unspecified atom stereocenters. The summed E-state index contributed by atoms with van der Waals surface area (Å²) in [4.78, 5) is 39.9. The van der Waals surface area contributed by atoms with Crippen LogP contribution in [0.1, 0.15) is 12.5 Å². The predicted octanol–water partition coefficient (Wildman–Crippen LogP) is 2.80. The van der Waals surface area contributed by atoms with Gasteiger partial charge in [-0.05, 0) is 50.2 Å². The molecule has 4 amide bonds. The van der Waals surface area contributed by atoms with Crippen molar-refractivity contribution in [3.8, 4) is 5.75 Å². The van der Waals surface area contributed by atoms with Gasteiger partial charge in [-0.1, -0.05) is 17.7 Å². The van der Waals surface area contributed by atoms with Gasteiger partial charge in [0.05, 0.1) is 7.11 Å². The van der Waals surface area contributed by atoms with E-state index in [2.05, 4.69) is 5.32 Å². The number of hydrogen-bond acceptors (Lipinski definition) is 4. The lowest BCUT2D eigenvalue weighted by atomic mass is 10.2. The van der Waals surface area contributed by atoms with E-state index in [-0.39, 0.29) is 6.54 Å². The van der Waals surface area contributed by atoms with Gasteiger partial charge >= 0.3 is 6.03 Å². The molecular formula is C20H21N3O4. The number of benzene rings is 2. The summed E-state index contributed by atoms with van der Waals surface area (Å²) < 4.78 is 5.07. The maximum atomic E-state index is 12.7. The molecule has 7 nitrogen and oxygen atoms in total. The van der Waals surface area contributed by atoms with Crippen molar-refractivity contribution in [1.29, 1.82) is 0 Å². The topological polar surface area (TPSA) is 79.0 Å². The van der Waals surface area contributed by atoms with Crippen LogP contribution in [0, 0.1) is 6.92 Å². The van der Waals surface area contributed by atoms with Gasteiger partial charge in [-0.15, -0.1) is 0 Å². The largest absolute Gasteiger partial charge is 0.497 e. The number of aryl methyl sites for hydroxylation is 1. The van der Waals surface area contributed by atoms with Crippen molar-refractivity contribution in [2.45, 2.75) is 19.9 Å². The molecule has 0 saturated carbocycles. The first-order valence-corrected chi connectivity index (χ1v) is 8.56. The van der Waals surface area contributed by atoms with Crippen LogP contribution < -0.4 is 15.0 Å². The fourth-order valence-electron chi connectivity index (χ4n) is 2.93. The standard InChI is InChI=1S/C20H21N3O4/c1-13-4-8-16(9-5-13)23-14(2)19(25)22(20(23)26)12-18(24)21-15-6-10-17(27-3)11-7-15/h4-11,14H,12H2,1-3H3,(H,21,24)/t14-/m0/s1. The van der Waals surface area contributed by atoms with Crippen LogP contribution in [0.25, 0.3) is 0 Å². The van der Waals surface area contributed by atoms with Crippen LogP contribution in [0.4, 0.5) is 16.2 Å². The zero-order valence-corrected chi connectivity index (χ0v) is 15.4. The molecule has 1 fully saturated rings. The highest BCUT2D eigenvalue weighted by Gasteiger charge is 2.43. The third kappa shape index (κ3) is 3.76. The van der Waals surface area contributed by atoms with Gasteiger partial charge in [0.25, 0.3) is 5.91 Å². The first kappa shape index (κ1) is 18.4. The molecule has 1 aliphatic rings. The van der Waals surface area contributed by atoms with Crippen molar-refractivity contribution in [2.75, 3.05) is 23.9 Å². The molecule has 0 spiro atoms. The van der Waals surface area contributed by atoms with Crippen LogP contribution in [0.3, 0.4) is 0 Å². The van der Waals surface area contributed by atoms with E-state index in [1.807, 2.05) is 19.1 Å². The number of urea groups is 1. The fraction of sp³-hybridized carbons (Fsp3) is 0.250. The Kier molecular flexibility index (Phi) is 5.12. The molecule has 0 aliphatic carbocycles. The number of nitrogens with one attached hydrogen (secondary N) is 1. The van der Waals surface area contributed by atoms with Gasteiger partial charge in [0, 0.05) is 11.4 Å². The number of carbonyl (C=O) groups excluding carboxylic acids is 3. The molecule has 7 heteroatoms. The maximum absolute atomic E-state index is 12.7. The minimum Gasteiger partial charge on any atom is -0.497 e. The molecule has 1 N–H and O–H groups in total. The number of nitrogens with zero attached hydrogens (tertiary/aromatic N) is 2. The van der Waals surface area contributed by atoms with Crippen molar-refractivity contribution < 1.29 is 19.1 Å². The smallest absolute Gasteiger partial charge is 0.332 e. The molecule has 1 aliphatic heterocycles. The zero-order chi connectivity index (χ0) is 19.6. The number of amides is 4. The van der Waals surface area contributed by atoms with Crippen LogP contribution in [-0.4, -0.2) is 42.4 Å². The Hall–Kier alpha value is -3.35. The molecule has 140 valence electrons. The Labute approximate surface area is 157 Å². The van der Waals surface area contributed by atoms with Crippen LogP contribution in [0.2, 0.25) is 0 Å². The number of anilines is 2. The van der Waals surface area contributed by atoms with Crippen LogP contribution >= 0.6 is 0 Å². The molecule has 1 heterocycles. The van der Waals surface area contributed by atoms with E-state index in [0.717, 1.165) is 10.5 Å². The molecule has 1 atom stereocenters. The lowest BCUT2D eigenvalue weighted by molar-refractivity contribution is -0.130. The first-order valence-electron chi connectivity index (χ1n) is 8.56. The van der Waals surface area contributed by atoms with E-state index >= 15 is 0 Å². The monoisotopic (exact) mass is 367 g/mol. The van der Waals surface area contributed by atoms with Crippen molar-refractivity contribution in [1.82, 2.24) is 4.90 Å². The van der Waals surface area contributed by atoms with Gasteiger partial charge in [0.2, 0.25) is 5.91 Å². The molecule has 0 aromatic heterocycles. The second-order valence-electron chi connectivity index (χ2n) is 6.37. The van der Waals surface area contributed by atoms with E-state index in [9.17, 15) is 14.4 Å². The number of rotatable bonds is 5. The second-order valence-corrected chi connectivity index (χ2v) is 6.37. The second kappa shape index (κ2) is 7.49. The van der Waals surface area contributed by atoms with Crippen LogP contribution in [-0.2, 0) is 9.59 Å². The van der Waals surface area contributed by atoms with Crippen LogP contribution in [0.15, 0.2) is 48.5 Å². The van der Waals surface area contributed by atoms with E-state index in [1.54, 1.807) is 50.4 Å². The number of carbonyl (C=O) groups is 3. The Balaban J connectivity index is 1.70. The maximum Gasteiger partial charge on any atom is 0.332 e. The highest BCUT2D eigenvalue weighted by molar-refractivity contribution is 6.16. The summed E-state index contributed by atoms with van der Waals surface area (Å²) in [6.07, 6.45) is 0. The van der Waals surface area contributed by atoms with Gasteiger partial charge in [-0.2, -0.15) is 0 Å². The summed E-state index contributed by atoms with van der Waals surface area (Å²) in [7, 11) is 1.55. The first-order chi connectivity index (χ1) is 12.9. The van der Waals surface area contributed by atoms with Crippen molar-refractivity contribution >= 4 is 29.2 Å². The highest BCUT2D eigenvalue weighted by atomic mass is 16.5. The number of imide groups is 1. The third-order valence-corrected chi connectivity index (χ3v) is 4.44. The SMILES string of the molecule is COc1ccc(NC(=O)CN2C(=O)[C@H](C)N(c3ccc(C)cc3)C2=O)cc1. The van der Waals surface area contributed by atoms with Crippen LogP contribution in [0.5, 0.6) is 5.75 Å². The normalized spacial score (nSPS) is 16.6. The van der Waals surface area contributed by atoms with Crippen molar-refractivity contribution in [2.24, 2.45) is 0 Å². The quantitative estimate of drug-likeness (QED) is 0.824. The van der Waals surface area contributed by atoms with Gasteiger partial charge < -0.3 is 10.1 Å². The average molecular weight is 367 g/mol. The molecule has 0 radical (unpaired) electrons. The predicted molar refractivity (Wildman–Crippen MR) is 102 cm³/mol. The third-order valence-electron chi connectivity index (χ3n) is 4.44. The van der Waals surface area contributed by atoms with E-state index in [1.165, 1.54) is 4.90 Å². The molecule has 2 aromatic carbocycles. The average Bonchev–Trinajstić information content (AvgIpc) is 2.87. The molecule has 1 saturated heterocycles. The molecule has 3 rings (SSSR count). The van der Waals surface area contributed by atoms with Crippen molar-refractivity contribution in [3.05, 3.63) is 54.1 Å². The number of ether oxygens (including phenoxy) is 1. The van der Waals surface area contributed by atoms with E-state index < -0.39 is 23.9 Å². The Morgan fingerprint density at radius 2 is 1.70 bits per heavy atom. The molecule has 27 heavy (non-hydrogen) atoms. The summed E-state index contributed by atoms with van der Waals surface area (Å²) in [5.41, 5.74) is 2.24. The Morgan fingerprint density at radius 3 is 2.30 bits per heavy atom. The lowest BCUT2D eigenvalue weighted by Gasteiger charge is -2.19. The summed E-state index contributed by atoms with van der Waals surface area (Å²) >= 11 is 0. The van der Waals surface area contributed by atoms with Gasteiger partial charge in [0.1, 0.15) is 18.3 Å². The number of methoxy groups -OCH3 is 1. The number of hydrogen-bond donors (Lipinski definition) is 1. The summed E-state index contributed by atoms with van der Waals surface area (Å²) in [5.74, 6) is -0.175. The minimum absolute atomic E-state index is 0.337. The van der Waals surface area contributed by atoms with Gasteiger partial charge in [-0.25, -0.2) is 4.79 Å². The summed E-state index contributed by atoms with van der Waals surface area (Å²) in [5, 5.41) is 2.68. The fourth-order valence-corrected chi connectivity index (χ4v) is 2.93. The summed E-state index contributed by atoms with van der Waals surface area (Å²) in [6.45, 7) is 3.26. The summed E-state index contributed by atoms with van der Waals surface area (Å²) in [6, 6.07) is 13.0. The van der Waals surface area contributed by atoms with E-state index in [0.29, 0.717) is 17.1 Å². The molecule has 2 aromatic rings. The zero-order valence-electron chi connectivity index (χ0n) is 15.4. The Morgan fingerprint density at radius 1 is 1.07 bits per heavy atom. The van der Waals surface area contributed by atoms with Crippen molar-refractivity contribution in [3.63, 3.8) is 0 Å². The molecular weight excluding hydrogens is 346 g/mol. The van der Waals surface area contributed by atoms with E-state index in [4.69, 9.17) is 4.74 Å². The van der Waals surface area contributed by atoms with Gasteiger partial charge in [-0.3, -0.25) is 19.4 Å².